The van der Waals surface area contributed by atoms with Gasteiger partial charge in [-0.3, -0.25) is 4.79 Å². The van der Waals surface area contributed by atoms with Crippen molar-refractivity contribution < 1.29 is 9.18 Å². The van der Waals surface area contributed by atoms with E-state index in [9.17, 15) is 9.18 Å². The van der Waals surface area contributed by atoms with Crippen LogP contribution in [0.3, 0.4) is 0 Å². The van der Waals surface area contributed by atoms with Gasteiger partial charge in [-0.25, -0.2) is 14.4 Å². The van der Waals surface area contributed by atoms with Gasteiger partial charge in [-0.1, -0.05) is 12.1 Å². The molecule has 1 saturated heterocycles. The van der Waals surface area contributed by atoms with Gasteiger partial charge in [-0.05, 0) is 26.2 Å². The monoisotopic (exact) mass is 372 g/mol. The van der Waals surface area contributed by atoms with Gasteiger partial charge in [-0.2, -0.15) is 0 Å². The molecule has 1 aliphatic rings. The number of hydrogen-bond acceptors (Lipinski definition) is 6. The van der Waals surface area contributed by atoms with Crippen LogP contribution in [0.15, 0.2) is 36.7 Å². The number of aromatic nitrogens is 2. The van der Waals surface area contributed by atoms with E-state index in [1.807, 2.05) is 30.0 Å². The molecule has 3 rings (SSSR count). The SMILES string of the molecule is CN(C)CCNC(=O)c1cnc(N2CCN(c3ccccc3F)CC2)cn1. The van der Waals surface area contributed by atoms with Crippen molar-refractivity contribution in [2.75, 3.05) is 63.2 Å². The zero-order chi connectivity index (χ0) is 19.2. The van der Waals surface area contributed by atoms with E-state index in [4.69, 9.17) is 0 Å². The molecule has 1 aliphatic heterocycles. The Morgan fingerprint density at radius 3 is 2.44 bits per heavy atom. The minimum Gasteiger partial charge on any atom is -0.366 e. The lowest BCUT2D eigenvalue weighted by Gasteiger charge is -2.36. The zero-order valence-corrected chi connectivity index (χ0v) is 15.7. The first kappa shape index (κ1) is 19.0. The molecule has 7 nitrogen and oxygen atoms in total. The molecule has 2 heterocycles. The number of likely N-dealkylation sites (N-methyl/N-ethyl adjacent to an activating group) is 1. The van der Waals surface area contributed by atoms with E-state index >= 15 is 0 Å². The zero-order valence-electron chi connectivity index (χ0n) is 15.7. The van der Waals surface area contributed by atoms with Crippen molar-refractivity contribution in [2.45, 2.75) is 0 Å². The quantitative estimate of drug-likeness (QED) is 0.823. The van der Waals surface area contributed by atoms with Crippen LogP contribution in [0.25, 0.3) is 0 Å². The Kier molecular flexibility index (Phi) is 6.18. The maximum absolute atomic E-state index is 13.9. The first-order valence-corrected chi connectivity index (χ1v) is 9.04. The Labute approximate surface area is 158 Å². The number of halogens is 1. The summed E-state index contributed by atoms with van der Waals surface area (Å²) >= 11 is 0. The van der Waals surface area contributed by atoms with Gasteiger partial charge in [-0.15, -0.1) is 0 Å². The fourth-order valence-electron chi connectivity index (χ4n) is 2.97. The van der Waals surface area contributed by atoms with Crippen molar-refractivity contribution in [3.63, 3.8) is 0 Å². The Bertz CT molecular complexity index is 759. The molecule has 0 radical (unpaired) electrons. The third kappa shape index (κ3) is 4.91. The highest BCUT2D eigenvalue weighted by atomic mass is 19.1. The molecule has 144 valence electrons. The van der Waals surface area contributed by atoms with Gasteiger partial charge in [0.2, 0.25) is 0 Å². The number of carbonyl (C=O) groups excluding carboxylic acids is 1. The lowest BCUT2D eigenvalue weighted by atomic mass is 10.2. The second-order valence-corrected chi connectivity index (χ2v) is 6.74. The maximum Gasteiger partial charge on any atom is 0.271 e. The molecule has 1 aromatic carbocycles. The number of rotatable bonds is 6. The van der Waals surface area contributed by atoms with Crippen LogP contribution in [0.5, 0.6) is 0 Å². The Morgan fingerprint density at radius 1 is 1.11 bits per heavy atom. The molecular formula is C19H25FN6O. The third-order valence-corrected chi connectivity index (χ3v) is 4.51. The van der Waals surface area contributed by atoms with Crippen LogP contribution in [0.1, 0.15) is 10.5 Å². The predicted molar refractivity (Wildman–Crippen MR) is 104 cm³/mol. The van der Waals surface area contributed by atoms with E-state index < -0.39 is 0 Å². The number of para-hydroxylation sites is 1. The second kappa shape index (κ2) is 8.77. The molecule has 27 heavy (non-hydrogen) atoms. The van der Waals surface area contributed by atoms with Crippen molar-refractivity contribution in [2.24, 2.45) is 0 Å². The molecule has 8 heteroatoms. The standard InChI is InChI=1S/C19H25FN6O/c1-24(2)8-7-21-19(27)16-13-23-18(14-22-16)26-11-9-25(10-12-26)17-6-4-3-5-15(17)20/h3-6,13-14H,7-12H2,1-2H3,(H,21,27). The second-order valence-electron chi connectivity index (χ2n) is 6.74. The summed E-state index contributed by atoms with van der Waals surface area (Å²) in [6.07, 6.45) is 3.13. The summed E-state index contributed by atoms with van der Waals surface area (Å²) in [7, 11) is 3.90. The van der Waals surface area contributed by atoms with Gasteiger partial charge in [0.25, 0.3) is 5.91 Å². The number of hydrogen-bond donors (Lipinski definition) is 1. The van der Waals surface area contributed by atoms with Crippen LogP contribution in [-0.4, -0.2) is 74.1 Å². The smallest absolute Gasteiger partial charge is 0.271 e. The van der Waals surface area contributed by atoms with Crippen LogP contribution in [0.2, 0.25) is 0 Å². The number of nitrogens with zero attached hydrogens (tertiary/aromatic N) is 5. The van der Waals surface area contributed by atoms with Crippen LogP contribution >= 0.6 is 0 Å². The average Bonchev–Trinajstić information content (AvgIpc) is 2.68. The first-order valence-electron chi connectivity index (χ1n) is 9.04. The lowest BCUT2D eigenvalue weighted by Crippen LogP contribution is -2.47. The van der Waals surface area contributed by atoms with Crippen molar-refractivity contribution in [1.82, 2.24) is 20.2 Å². The summed E-state index contributed by atoms with van der Waals surface area (Å²) < 4.78 is 13.9. The van der Waals surface area contributed by atoms with E-state index in [2.05, 4.69) is 20.2 Å². The summed E-state index contributed by atoms with van der Waals surface area (Å²) in [5, 5.41) is 2.82. The van der Waals surface area contributed by atoms with Gasteiger partial charge in [0.1, 0.15) is 17.3 Å². The van der Waals surface area contributed by atoms with Gasteiger partial charge in [0.15, 0.2) is 0 Å². The lowest BCUT2D eigenvalue weighted by molar-refractivity contribution is 0.0945. The van der Waals surface area contributed by atoms with E-state index in [0.29, 0.717) is 31.0 Å². The number of benzene rings is 1. The van der Waals surface area contributed by atoms with Crippen LogP contribution in [-0.2, 0) is 0 Å². The fraction of sp³-hybridized carbons (Fsp3) is 0.421. The van der Waals surface area contributed by atoms with Crippen LogP contribution in [0.4, 0.5) is 15.9 Å². The summed E-state index contributed by atoms with van der Waals surface area (Å²) in [6, 6.07) is 6.82. The topological polar surface area (TPSA) is 64.6 Å². The molecule has 1 amide bonds. The number of carbonyl (C=O) groups is 1. The van der Waals surface area contributed by atoms with Gasteiger partial charge in [0, 0.05) is 39.3 Å². The normalized spacial score (nSPS) is 14.5. The fourth-order valence-corrected chi connectivity index (χ4v) is 2.97. The Morgan fingerprint density at radius 2 is 1.81 bits per heavy atom. The molecule has 1 N–H and O–H groups in total. The van der Waals surface area contributed by atoms with Crippen molar-refractivity contribution >= 4 is 17.4 Å². The minimum absolute atomic E-state index is 0.199. The van der Waals surface area contributed by atoms with E-state index in [0.717, 1.165) is 25.5 Å². The molecule has 0 aliphatic carbocycles. The van der Waals surface area contributed by atoms with Crippen LogP contribution < -0.4 is 15.1 Å². The van der Waals surface area contributed by atoms with Gasteiger partial charge >= 0.3 is 0 Å². The van der Waals surface area contributed by atoms with Crippen molar-refractivity contribution in [3.8, 4) is 0 Å². The molecule has 2 aromatic rings. The Balaban J connectivity index is 1.54. The first-order chi connectivity index (χ1) is 13.0. The van der Waals surface area contributed by atoms with E-state index in [1.54, 1.807) is 18.3 Å². The summed E-state index contributed by atoms with van der Waals surface area (Å²) in [6.45, 7) is 4.18. The van der Waals surface area contributed by atoms with E-state index in [1.165, 1.54) is 12.3 Å². The third-order valence-electron chi connectivity index (χ3n) is 4.51. The van der Waals surface area contributed by atoms with Crippen molar-refractivity contribution in [1.29, 1.82) is 0 Å². The van der Waals surface area contributed by atoms with Crippen LogP contribution in [0, 0.1) is 5.82 Å². The molecule has 0 bridgehead atoms. The highest BCUT2D eigenvalue weighted by Gasteiger charge is 2.20. The average molecular weight is 372 g/mol. The molecular weight excluding hydrogens is 347 g/mol. The largest absolute Gasteiger partial charge is 0.366 e. The summed E-state index contributed by atoms with van der Waals surface area (Å²) in [5.41, 5.74) is 0.940. The summed E-state index contributed by atoms with van der Waals surface area (Å²) in [4.78, 5) is 26.8. The van der Waals surface area contributed by atoms with Crippen molar-refractivity contribution in [3.05, 3.63) is 48.2 Å². The molecule has 0 spiro atoms. The minimum atomic E-state index is -0.222. The molecule has 1 aromatic heterocycles. The highest BCUT2D eigenvalue weighted by Crippen LogP contribution is 2.21. The maximum atomic E-state index is 13.9. The van der Waals surface area contributed by atoms with Gasteiger partial charge < -0.3 is 20.0 Å². The molecule has 0 unspecified atom stereocenters. The number of anilines is 2. The highest BCUT2D eigenvalue weighted by molar-refractivity contribution is 5.92. The molecule has 1 fully saturated rings. The number of piperazine rings is 1. The predicted octanol–water partition coefficient (Wildman–Crippen LogP) is 1.23. The molecule has 0 atom stereocenters. The molecule has 0 saturated carbocycles. The summed E-state index contributed by atoms with van der Waals surface area (Å²) in [5.74, 6) is 0.309. The number of nitrogens with one attached hydrogen (secondary N) is 1. The van der Waals surface area contributed by atoms with E-state index in [-0.39, 0.29) is 11.7 Å². The Hall–Kier alpha value is -2.74. The number of amides is 1. The van der Waals surface area contributed by atoms with Gasteiger partial charge in [0.05, 0.1) is 18.1 Å².